The SMILES string of the molecule is CS(=O)(=O)Nc1ccc(OC2CC2)c(Br)c1. The summed E-state index contributed by atoms with van der Waals surface area (Å²) in [5.41, 5.74) is 0.525. The lowest BCUT2D eigenvalue weighted by atomic mass is 10.3. The molecule has 1 saturated carbocycles. The van der Waals surface area contributed by atoms with E-state index in [9.17, 15) is 8.42 Å². The molecule has 0 saturated heterocycles. The van der Waals surface area contributed by atoms with E-state index < -0.39 is 10.0 Å². The molecule has 0 unspecified atom stereocenters. The number of anilines is 1. The van der Waals surface area contributed by atoms with Crippen LogP contribution in [0.1, 0.15) is 12.8 Å². The highest BCUT2D eigenvalue weighted by atomic mass is 79.9. The van der Waals surface area contributed by atoms with Gasteiger partial charge in [0.15, 0.2) is 0 Å². The number of hydrogen-bond donors (Lipinski definition) is 1. The Morgan fingerprint density at radius 2 is 2.12 bits per heavy atom. The lowest BCUT2D eigenvalue weighted by Gasteiger charge is -2.09. The Bertz CT molecular complexity index is 497. The highest BCUT2D eigenvalue weighted by Gasteiger charge is 2.24. The van der Waals surface area contributed by atoms with Gasteiger partial charge in [0.05, 0.1) is 16.8 Å². The molecule has 0 aromatic heterocycles. The maximum absolute atomic E-state index is 11.0. The van der Waals surface area contributed by atoms with Gasteiger partial charge in [-0.1, -0.05) is 0 Å². The summed E-state index contributed by atoms with van der Waals surface area (Å²) in [6.07, 6.45) is 3.63. The largest absolute Gasteiger partial charge is 0.489 e. The lowest BCUT2D eigenvalue weighted by Crippen LogP contribution is -2.09. The molecule has 0 atom stereocenters. The van der Waals surface area contributed by atoms with Crippen molar-refractivity contribution in [3.05, 3.63) is 22.7 Å². The summed E-state index contributed by atoms with van der Waals surface area (Å²) in [5, 5.41) is 0. The molecule has 16 heavy (non-hydrogen) atoms. The maximum atomic E-state index is 11.0. The third-order valence-corrected chi connectivity index (χ3v) is 3.28. The summed E-state index contributed by atoms with van der Waals surface area (Å²) in [7, 11) is -3.23. The fourth-order valence-corrected chi connectivity index (χ4v) is 2.27. The molecule has 1 N–H and O–H groups in total. The molecule has 1 aliphatic carbocycles. The average Bonchev–Trinajstić information content (AvgIpc) is 2.90. The molecule has 1 aromatic rings. The number of sulfonamides is 1. The molecule has 0 radical (unpaired) electrons. The second-order valence-corrected chi connectivity index (χ2v) is 6.44. The highest BCUT2D eigenvalue weighted by molar-refractivity contribution is 9.10. The van der Waals surface area contributed by atoms with Gasteiger partial charge in [0, 0.05) is 5.69 Å². The molecule has 6 heteroatoms. The minimum absolute atomic E-state index is 0.324. The molecular weight excluding hydrogens is 294 g/mol. The summed E-state index contributed by atoms with van der Waals surface area (Å²) in [4.78, 5) is 0. The van der Waals surface area contributed by atoms with Crippen molar-refractivity contribution in [1.29, 1.82) is 0 Å². The smallest absolute Gasteiger partial charge is 0.229 e. The van der Waals surface area contributed by atoms with Gasteiger partial charge < -0.3 is 4.74 Å². The summed E-state index contributed by atoms with van der Waals surface area (Å²) >= 11 is 3.35. The van der Waals surface area contributed by atoms with Crippen molar-refractivity contribution in [2.24, 2.45) is 0 Å². The standard InChI is InChI=1S/C10H12BrNO3S/c1-16(13,14)12-7-2-5-10(9(11)6-7)15-8-3-4-8/h2,5-6,8,12H,3-4H2,1H3. The summed E-state index contributed by atoms with van der Waals surface area (Å²) in [5.74, 6) is 0.751. The molecular formula is C10H12BrNO3S. The monoisotopic (exact) mass is 305 g/mol. The van der Waals surface area contributed by atoms with Crippen molar-refractivity contribution in [3.8, 4) is 5.75 Å². The van der Waals surface area contributed by atoms with Gasteiger partial charge in [-0.25, -0.2) is 8.42 Å². The van der Waals surface area contributed by atoms with Gasteiger partial charge in [-0.3, -0.25) is 4.72 Å². The number of halogens is 1. The zero-order chi connectivity index (χ0) is 11.8. The van der Waals surface area contributed by atoms with Crippen LogP contribution in [0.25, 0.3) is 0 Å². The molecule has 2 rings (SSSR count). The Kier molecular flexibility index (Phi) is 3.12. The van der Waals surface area contributed by atoms with Crippen LogP contribution in [0.2, 0.25) is 0 Å². The number of rotatable bonds is 4. The number of nitrogens with one attached hydrogen (secondary N) is 1. The molecule has 88 valence electrons. The van der Waals surface area contributed by atoms with Crippen molar-refractivity contribution in [2.75, 3.05) is 11.0 Å². The first kappa shape index (κ1) is 11.7. The van der Waals surface area contributed by atoms with E-state index >= 15 is 0 Å². The second kappa shape index (κ2) is 4.25. The fraction of sp³-hybridized carbons (Fsp3) is 0.400. The van der Waals surface area contributed by atoms with Crippen LogP contribution < -0.4 is 9.46 Å². The first-order chi connectivity index (χ1) is 7.44. The van der Waals surface area contributed by atoms with E-state index in [1.54, 1.807) is 18.2 Å². The molecule has 0 heterocycles. The minimum atomic E-state index is -3.23. The van der Waals surface area contributed by atoms with Crippen LogP contribution in [0.5, 0.6) is 5.75 Å². The van der Waals surface area contributed by atoms with Crippen LogP contribution in [-0.4, -0.2) is 20.8 Å². The zero-order valence-corrected chi connectivity index (χ0v) is 11.1. The molecule has 4 nitrogen and oxygen atoms in total. The predicted octanol–water partition coefficient (Wildman–Crippen LogP) is 2.36. The number of benzene rings is 1. The quantitative estimate of drug-likeness (QED) is 0.929. The molecule has 0 aliphatic heterocycles. The molecule has 1 fully saturated rings. The summed E-state index contributed by atoms with van der Waals surface area (Å²) in [6, 6.07) is 5.14. The zero-order valence-electron chi connectivity index (χ0n) is 8.73. The van der Waals surface area contributed by atoms with Crippen molar-refractivity contribution in [3.63, 3.8) is 0 Å². The van der Waals surface area contributed by atoms with Crippen molar-refractivity contribution in [2.45, 2.75) is 18.9 Å². The van der Waals surface area contributed by atoms with E-state index in [-0.39, 0.29) is 0 Å². The van der Waals surface area contributed by atoms with Gasteiger partial charge in [-0.15, -0.1) is 0 Å². The first-order valence-electron chi connectivity index (χ1n) is 4.88. The summed E-state index contributed by atoms with van der Waals surface area (Å²) < 4.78 is 30.8. The first-order valence-corrected chi connectivity index (χ1v) is 7.56. The van der Waals surface area contributed by atoms with Crippen LogP contribution in [0, 0.1) is 0 Å². The Morgan fingerprint density at radius 3 is 2.62 bits per heavy atom. The van der Waals surface area contributed by atoms with Crippen LogP contribution >= 0.6 is 15.9 Å². The van der Waals surface area contributed by atoms with E-state index in [1.165, 1.54) is 0 Å². The Labute approximate surface area is 103 Å². The van der Waals surface area contributed by atoms with E-state index in [2.05, 4.69) is 20.7 Å². The molecule has 1 aromatic carbocycles. The van der Waals surface area contributed by atoms with Gasteiger partial charge >= 0.3 is 0 Å². The number of ether oxygens (including phenoxy) is 1. The molecule has 1 aliphatic rings. The van der Waals surface area contributed by atoms with E-state index in [0.717, 1.165) is 29.3 Å². The predicted molar refractivity (Wildman–Crippen MR) is 66.3 cm³/mol. The lowest BCUT2D eigenvalue weighted by molar-refractivity contribution is 0.301. The highest BCUT2D eigenvalue weighted by Crippen LogP contribution is 2.33. The normalized spacial score (nSPS) is 15.9. The van der Waals surface area contributed by atoms with Crippen LogP contribution in [0.4, 0.5) is 5.69 Å². The Morgan fingerprint density at radius 1 is 1.44 bits per heavy atom. The second-order valence-electron chi connectivity index (χ2n) is 3.84. The summed E-state index contributed by atoms with van der Waals surface area (Å²) in [6.45, 7) is 0. The van der Waals surface area contributed by atoms with Gasteiger partial charge in [-0.2, -0.15) is 0 Å². The van der Waals surface area contributed by atoms with Crippen LogP contribution in [-0.2, 0) is 10.0 Å². The van der Waals surface area contributed by atoms with E-state index in [0.29, 0.717) is 11.8 Å². The Balaban J connectivity index is 2.14. The van der Waals surface area contributed by atoms with Crippen molar-refractivity contribution >= 4 is 31.6 Å². The third kappa shape index (κ3) is 3.38. The van der Waals surface area contributed by atoms with Crippen LogP contribution in [0.3, 0.4) is 0 Å². The third-order valence-electron chi connectivity index (χ3n) is 2.05. The fourth-order valence-electron chi connectivity index (χ4n) is 1.24. The van der Waals surface area contributed by atoms with E-state index in [4.69, 9.17) is 4.74 Å². The number of hydrogen-bond acceptors (Lipinski definition) is 3. The molecule has 0 bridgehead atoms. The van der Waals surface area contributed by atoms with Gasteiger partial charge in [-0.05, 0) is 47.0 Å². The molecule has 0 spiro atoms. The molecule has 0 amide bonds. The maximum Gasteiger partial charge on any atom is 0.229 e. The van der Waals surface area contributed by atoms with Crippen molar-refractivity contribution < 1.29 is 13.2 Å². The van der Waals surface area contributed by atoms with Gasteiger partial charge in [0.1, 0.15) is 5.75 Å². The average molecular weight is 306 g/mol. The van der Waals surface area contributed by atoms with Gasteiger partial charge in [0.2, 0.25) is 10.0 Å². The topological polar surface area (TPSA) is 55.4 Å². The van der Waals surface area contributed by atoms with E-state index in [1.807, 2.05) is 0 Å². The Hall–Kier alpha value is -0.750. The van der Waals surface area contributed by atoms with Crippen molar-refractivity contribution in [1.82, 2.24) is 0 Å². The minimum Gasteiger partial charge on any atom is -0.489 e. The van der Waals surface area contributed by atoms with Gasteiger partial charge in [0.25, 0.3) is 0 Å². The van der Waals surface area contributed by atoms with Crippen LogP contribution in [0.15, 0.2) is 22.7 Å².